The average Bonchev–Trinajstić information content (AvgIpc) is 3.46. The Hall–Kier alpha value is -3.75. The third-order valence-corrected chi connectivity index (χ3v) is 6.37. The Morgan fingerprint density at radius 2 is 1.71 bits per heavy atom. The van der Waals surface area contributed by atoms with E-state index in [2.05, 4.69) is 15.6 Å². The van der Waals surface area contributed by atoms with Crippen molar-refractivity contribution in [3.63, 3.8) is 0 Å². The molecule has 0 spiro atoms. The van der Waals surface area contributed by atoms with Crippen molar-refractivity contribution < 1.29 is 19.4 Å². The Morgan fingerprint density at radius 1 is 0.974 bits per heavy atom. The number of carbonyl (C=O) groups is 2. The Kier molecular flexibility index (Phi) is 11.3. The maximum atomic E-state index is 13.1. The monoisotopic (exact) mass is 518 g/mol. The molecule has 202 valence electrons. The van der Waals surface area contributed by atoms with Crippen LogP contribution in [-0.4, -0.2) is 67.2 Å². The molecule has 0 atom stereocenters. The summed E-state index contributed by atoms with van der Waals surface area (Å²) in [4.78, 5) is 31.9. The van der Waals surface area contributed by atoms with Crippen molar-refractivity contribution in [1.29, 1.82) is 0 Å². The molecule has 8 heteroatoms. The van der Waals surface area contributed by atoms with Gasteiger partial charge in [0.1, 0.15) is 12.4 Å². The molecule has 0 bridgehead atoms. The number of hydrogen-bond acceptors (Lipinski definition) is 6. The smallest absolute Gasteiger partial charge is 0.255 e. The van der Waals surface area contributed by atoms with Crippen LogP contribution in [0, 0.1) is 0 Å². The van der Waals surface area contributed by atoms with E-state index < -0.39 is 0 Å². The highest BCUT2D eigenvalue weighted by Gasteiger charge is 2.18. The van der Waals surface area contributed by atoms with Crippen LogP contribution in [0.5, 0.6) is 5.75 Å². The molecule has 2 amide bonds. The van der Waals surface area contributed by atoms with Gasteiger partial charge in [-0.3, -0.25) is 14.6 Å². The minimum Gasteiger partial charge on any atom is -0.491 e. The van der Waals surface area contributed by atoms with Crippen molar-refractivity contribution in [3.05, 3.63) is 83.7 Å². The first-order valence-electron chi connectivity index (χ1n) is 12.9. The van der Waals surface area contributed by atoms with E-state index in [0.717, 1.165) is 43.2 Å². The van der Waals surface area contributed by atoms with E-state index >= 15 is 0 Å². The standard InChI is InChI=1S/C29H34N4O3.CH4O/c1-33(2)16-17-36-27-19-23(22-12-14-30-15-13-22)10-11-26(27)29(35)31-20-21-6-5-7-24(18-21)28(34)32-25-8-3-4-9-25;1-2/h5-7,10-15,18-19,25H,3-4,8-9,16-17,20H2,1-2H3,(H,31,35)(H,32,34);2H,1H3. The molecule has 3 N–H and O–H groups in total. The third-order valence-electron chi connectivity index (χ3n) is 6.37. The van der Waals surface area contributed by atoms with Gasteiger partial charge in [0.25, 0.3) is 11.8 Å². The average molecular weight is 519 g/mol. The summed E-state index contributed by atoms with van der Waals surface area (Å²) < 4.78 is 6.03. The molecule has 1 aliphatic carbocycles. The van der Waals surface area contributed by atoms with Gasteiger partial charge in [0.15, 0.2) is 0 Å². The summed E-state index contributed by atoms with van der Waals surface area (Å²) in [5.41, 5.74) is 3.91. The first kappa shape index (κ1) is 28.8. The number of rotatable bonds is 10. The fourth-order valence-corrected chi connectivity index (χ4v) is 4.33. The lowest BCUT2D eigenvalue weighted by atomic mass is 10.0. The number of nitrogens with one attached hydrogen (secondary N) is 2. The predicted octanol–water partition coefficient (Wildman–Crippen LogP) is 3.90. The van der Waals surface area contributed by atoms with Crippen LogP contribution in [0.2, 0.25) is 0 Å². The molecule has 0 radical (unpaired) electrons. The topological polar surface area (TPSA) is 104 Å². The summed E-state index contributed by atoms with van der Waals surface area (Å²) in [6.07, 6.45) is 7.90. The zero-order chi connectivity index (χ0) is 27.3. The molecule has 1 fully saturated rings. The summed E-state index contributed by atoms with van der Waals surface area (Å²) in [5, 5.41) is 13.1. The van der Waals surface area contributed by atoms with Crippen LogP contribution < -0.4 is 15.4 Å². The summed E-state index contributed by atoms with van der Waals surface area (Å²) in [6.45, 7) is 1.51. The van der Waals surface area contributed by atoms with Crippen molar-refractivity contribution in [3.8, 4) is 16.9 Å². The molecule has 8 nitrogen and oxygen atoms in total. The second-order valence-electron chi connectivity index (χ2n) is 9.44. The van der Waals surface area contributed by atoms with Gasteiger partial charge < -0.3 is 25.4 Å². The summed E-state index contributed by atoms with van der Waals surface area (Å²) in [6, 6.07) is 17.1. The zero-order valence-electron chi connectivity index (χ0n) is 22.4. The molecule has 1 heterocycles. The van der Waals surface area contributed by atoms with E-state index in [-0.39, 0.29) is 17.9 Å². The number of hydrogen-bond donors (Lipinski definition) is 3. The zero-order valence-corrected chi connectivity index (χ0v) is 22.4. The van der Waals surface area contributed by atoms with E-state index in [4.69, 9.17) is 9.84 Å². The maximum Gasteiger partial charge on any atom is 0.255 e. The Bertz CT molecular complexity index is 1180. The van der Waals surface area contributed by atoms with E-state index in [0.29, 0.717) is 30.0 Å². The molecule has 0 unspecified atom stereocenters. The van der Waals surface area contributed by atoms with Gasteiger partial charge in [0, 0.05) is 44.2 Å². The van der Waals surface area contributed by atoms with E-state index in [1.807, 2.05) is 67.5 Å². The predicted molar refractivity (Wildman–Crippen MR) is 149 cm³/mol. The van der Waals surface area contributed by atoms with Gasteiger partial charge >= 0.3 is 0 Å². The second kappa shape index (κ2) is 14.9. The molecule has 1 aromatic heterocycles. The lowest BCUT2D eigenvalue weighted by Gasteiger charge is -2.16. The Morgan fingerprint density at radius 3 is 2.42 bits per heavy atom. The normalized spacial score (nSPS) is 13.0. The number of likely N-dealkylation sites (N-methyl/N-ethyl adjacent to an activating group) is 1. The number of aliphatic hydroxyl groups excluding tert-OH is 1. The summed E-state index contributed by atoms with van der Waals surface area (Å²) in [7, 11) is 4.96. The van der Waals surface area contributed by atoms with E-state index in [9.17, 15) is 9.59 Å². The largest absolute Gasteiger partial charge is 0.491 e. The lowest BCUT2D eigenvalue weighted by Crippen LogP contribution is -2.32. The number of carbonyl (C=O) groups excluding carboxylic acids is 2. The number of ether oxygens (including phenoxy) is 1. The van der Waals surface area contributed by atoms with Crippen molar-refractivity contribution >= 4 is 11.8 Å². The minimum absolute atomic E-state index is 0.0571. The van der Waals surface area contributed by atoms with Crippen LogP contribution in [0.1, 0.15) is 52.0 Å². The van der Waals surface area contributed by atoms with Gasteiger partial charge in [-0.05, 0) is 80.0 Å². The third kappa shape index (κ3) is 8.39. The highest BCUT2D eigenvalue weighted by Crippen LogP contribution is 2.27. The molecule has 3 aromatic rings. The number of pyridine rings is 1. The van der Waals surface area contributed by atoms with Crippen LogP contribution in [0.15, 0.2) is 67.0 Å². The number of aliphatic hydroxyl groups is 1. The quantitative estimate of drug-likeness (QED) is 0.376. The first-order chi connectivity index (χ1) is 18.5. The van der Waals surface area contributed by atoms with Crippen molar-refractivity contribution in [2.24, 2.45) is 0 Å². The Labute approximate surface area is 225 Å². The second-order valence-corrected chi connectivity index (χ2v) is 9.44. The highest BCUT2D eigenvalue weighted by atomic mass is 16.5. The van der Waals surface area contributed by atoms with Crippen LogP contribution in [-0.2, 0) is 6.54 Å². The molecule has 2 aromatic carbocycles. The van der Waals surface area contributed by atoms with Crippen molar-refractivity contribution in [2.45, 2.75) is 38.3 Å². The SMILES string of the molecule is CN(C)CCOc1cc(-c2ccncc2)ccc1C(=O)NCc1cccc(C(=O)NC2CCCC2)c1.CO. The molecule has 1 aliphatic rings. The van der Waals surface area contributed by atoms with Crippen LogP contribution in [0.25, 0.3) is 11.1 Å². The number of nitrogens with zero attached hydrogens (tertiary/aromatic N) is 2. The lowest BCUT2D eigenvalue weighted by molar-refractivity contribution is 0.0934. The first-order valence-corrected chi connectivity index (χ1v) is 12.9. The number of benzene rings is 2. The summed E-state index contributed by atoms with van der Waals surface area (Å²) in [5.74, 6) is 0.253. The maximum absolute atomic E-state index is 13.1. The molecular weight excluding hydrogens is 480 g/mol. The number of amides is 2. The molecular formula is C30H38N4O4. The molecule has 38 heavy (non-hydrogen) atoms. The van der Waals surface area contributed by atoms with Crippen molar-refractivity contribution in [1.82, 2.24) is 20.5 Å². The number of aromatic nitrogens is 1. The van der Waals surface area contributed by atoms with Gasteiger partial charge in [-0.25, -0.2) is 0 Å². The van der Waals surface area contributed by atoms with Gasteiger partial charge in [0.05, 0.1) is 5.56 Å². The van der Waals surface area contributed by atoms with E-state index in [1.165, 1.54) is 12.8 Å². The highest BCUT2D eigenvalue weighted by molar-refractivity contribution is 5.98. The van der Waals surface area contributed by atoms with Gasteiger partial charge in [0.2, 0.25) is 0 Å². The summed E-state index contributed by atoms with van der Waals surface area (Å²) >= 11 is 0. The van der Waals surface area contributed by atoms with E-state index in [1.54, 1.807) is 18.5 Å². The molecule has 1 saturated carbocycles. The van der Waals surface area contributed by atoms with Gasteiger partial charge in [-0.2, -0.15) is 0 Å². The van der Waals surface area contributed by atoms with Crippen molar-refractivity contribution in [2.75, 3.05) is 34.4 Å². The van der Waals surface area contributed by atoms with Gasteiger partial charge in [-0.1, -0.05) is 31.0 Å². The minimum atomic E-state index is -0.225. The fraction of sp³-hybridized carbons (Fsp3) is 0.367. The molecule has 0 saturated heterocycles. The van der Waals surface area contributed by atoms with Gasteiger partial charge in [-0.15, -0.1) is 0 Å². The molecule has 4 rings (SSSR count). The van der Waals surface area contributed by atoms with Crippen LogP contribution >= 0.6 is 0 Å². The fourth-order valence-electron chi connectivity index (χ4n) is 4.33. The Balaban J connectivity index is 0.00000195. The molecule has 0 aliphatic heterocycles. The van der Waals surface area contributed by atoms with Crippen LogP contribution in [0.4, 0.5) is 0 Å². The van der Waals surface area contributed by atoms with Crippen LogP contribution in [0.3, 0.4) is 0 Å².